The van der Waals surface area contributed by atoms with E-state index in [2.05, 4.69) is 21.4 Å². The van der Waals surface area contributed by atoms with Gasteiger partial charge in [0.1, 0.15) is 0 Å². The molecular formula is C22H28N4O2. The standard InChI is InChI=1S/C22H28N4O2/c1-25-16-18-19(7-5-8-20(18)24-25)23-17-9-10-21(27-2)22(15-17)28-14-6-13-26-11-3-4-12-26/h5,7-10,15-16,23H,3-4,6,11-14H2,1-2H3. The van der Waals surface area contributed by atoms with Crippen LogP contribution < -0.4 is 14.8 Å². The summed E-state index contributed by atoms with van der Waals surface area (Å²) < 4.78 is 13.4. The third-order valence-corrected chi connectivity index (χ3v) is 5.18. The summed E-state index contributed by atoms with van der Waals surface area (Å²) >= 11 is 0. The highest BCUT2D eigenvalue weighted by molar-refractivity contribution is 5.93. The number of nitrogens with one attached hydrogen (secondary N) is 1. The highest BCUT2D eigenvalue weighted by Crippen LogP contribution is 2.33. The predicted molar refractivity (Wildman–Crippen MR) is 113 cm³/mol. The fourth-order valence-electron chi connectivity index (χ4n) is 3.77. The molecule has 0 saturated carbocycles. The van der Waals surface area contributed by atoms with E-state index in [1.165, 1.54) is 25.9 Å². The lowest BCUT2D eigenvalue weighted by atomic mass is 10.2. The number of hydrogen-bond acceptors (Lipinski definition) is 5. The molecule has 2 heterocycles. The highest BCUT2D eigenvalue weighted by atomic mass is 16.5. The molecule has 0 radical (unpaired) electrons. The summed E-state index contributed by atoms with van der Waals surface area (Å²) in [5, 5.41) is 9.05. The first kappa shape index (κ1) is 18.6. The maximum Gasteiger partial charge on any atom is 0.163 e. The van der Waals surface area contributed by atoms with Gasteiger partial charge in [-0.05, 0) is 56.6 Å². The minimum absolute atomic E-state index is 0.689. The number of benzene rings is 2. The average Bonchev–Trinajstić information content (AvgIpc) is 3.34. The van der Waals surface area contributed by atoms with E-state index in [0.29, 0.717) is 6.61 Å². The summed E-state index contributed by atoms with van der Waals surface area (Å²) in [4.78, 5) is 2.51. The smallest absolute Gasteiger partial charge is 0.163 e. The summed E-state index contributed by atoms with van der Waals surface area (Å²) in [5.41, 5.74) is 2.96. The second-order valence-corrected chi connectivity index (χ2v) is 7.28. The molecule has 1 aliphatic rings. The van der Waals surface area contributed by atoms with Gasteiger partial charge in [-0.15, -0.1) is 0 Å². The van der Waals surface area contributed by atoms with Crippen molar-refractivity contribution in [1.82, 2.24) is 14.7 Å². The van der Waals surface area contributed by atoms with Crippen molar-refractivity contribution in [3.8, 4) is 11.5 Å². The van der Waals surface area contributed by atoms with Gasteiger partial charge in [-0.2, -0.15) is 5.10 Å². The Balaban J connectivity index is 1.44. The van der Waals surface area contributed by atoms with Crippen LogP contribution in [0.3, 0.4) is 0 Å². The molecule has 0 unspecified atom stereocenters. The number of hydrogen-bond donors (Lipinski definition) is 1. The Bertz CT molecular complexity index is 931. The molecule has 0 bridgehead atoms. The first-order chi connectivity index (χ1) is 13.7. The molecule has 1 aromatic heterocycles. The van der Waals surface area contributed by atoms with Crippen LogP contribution >= 0.6 is 0 Å². The van der Waals surface area contributed by atoms with Crippen LogP contribution in [0.15, 0.2) is 42.6 Å². The van der Waals surface area contributed by atoms with Crippen molar-refractivity contribution < 1.29 is 9.47 Å². The van der Waals surface area contributed by atoms with E-state index in [1.54, 1.807) is 7.11 Å². The minimum atomic E-state index is 0.689. The number of methoxy groups -OCH3 is 1. The van der Waals surface area contributed by atoms with E-state index in [0.717, 1.165) is 46.7 Å². The Morgan fingerprint density at radius 3 is 2.79 bits per heavy atom. The summed E-state index contributed by atoms with van der Waals surface area (Å²) in [7, 11) is 3.61. The van der Waals surface area contributed by atoms with Crippen molar-refractivity contribution in [3.05, 3.63) is 42.6 Å². The highest BCUT2D eigenvalue weighted by Gasteiger charge is 2.12. The molecule has 2 aromatic carbocycles. The van der Waals surface area contributed by atoms with Crippen LogP contribution in [0, 0.1) is 0 Å². The van der Waals surface area contributed by atoms with Gasteiger partial charge in [0.15, 0.2) is 11.5 Å². The maximum absolute atomic E-state index is 6.05. The number of aryl methyl sites for hydroxylation is 1. The number of fused-ring (bicyclic) bond motifs is 1. The van der Waals surface area contributed by atoms with Gasteiger partial charge < -0.3 is 19.7 Å². The van der Waals surface area contributed by atoms with Crippen molar-refractivity contribution in [1.29, 1.82) is 0 Å². The van der Waals surface area contributed by atoms with E-state index >= 15 is 0 Å². The molecule has 3 aromatic rings. The van der Waals surface area contributed by atoms with Gasteiger partial charge in [-0.3, -0.25) is 4.68 Å². The van der Waals surface area contributed by atoms with Crippen LogP contribution in [-0.4, -0.2) is 48.0 Å². The van der Waals surface area contributed by atoms with E-state index in [-0.39, 0.29) is 0 Å². The van der Waals surface area contributed by atoms with Gasteiger partial charge in [0, 0.05) is 42.6 Å². The SMILES string of the molecule is COc1ccc(Nc2cccc3nn(C)cc23)cc1OCCCN1CCCC1. The zero-order chi connectivity index (χ0) is 19.3. The van der Waals surface area contributed by atoms with Gasteiger partial charge in [0.05, 0.1) is 19.2 Å². The molecule has 0 atom stereocenters. The van der Waals surface area contributed by atoms with Gasteiger partial charge in [-0.25, -0.2) is 0 Å². The number of anilines is 2. The molecule has 0 spiro atoms. The quantitative estimate of drug-likeness (QED) is 0.594. The molecule has 0 amide bonds. The average molecular weight is 380 g/mol. The van der Waals surface area contributed by atoms with E-state index in [1.807, 2.05) is 48.3 Å². The maximum atomic E-state index is 6.05. The van der Waals surface area contributed by atoms with Crippen LogP contribution in [0.2, 0.25) is 0 Å². The largest absolute Gasteiger partial charge is 0.493 e. The van der Waals surface area contributed by atoms with E-state index < -0.39 is 0 Å². The molecular weight excluding hydrogens is 352 g/mol. The lowest BCUT2D eigenvalue weighted by molar-refractivity contribution is 0.254. The lowest BCUT2D eigenvalue weighted by Crippen LogP contribution is -2.21. The summed E-state index contributed by atoms with van der Waals surface area (Å²) in [6, 6.07) is 12.0. The van der Waals surface area contributed by atoms with Gasteiger partial charge >= 0.3 is 0 Å². The van der Waals surface area contributed by atoms with Crippen molar-refractivity contribution in [2.75, 3.05) is 38.7 Å². The molecule has 6 heteroatoms. The molecule has 1 fully saturated rings. The van der Waals surface area contributed by atoms with Crippen LogP contribution in [0.1, 0.15) is 19.3 Å². The van der Waals surface area contributed by atoms with Crippen molar-refractivity contribution >= 4 is 22.3 Å². The molecule has 148 valence electrons. The van der Waals surface area contributed by atoms with Crippen LogP contribution in [0.4, 0.5) is 11.4 Å². The fourth-order valence-corrected chi connectivity index (χ4v) is 3.77. The molecule has 1 N–H and O–H groups in total. The first-order valence-electron chi connectivity index (χ1n) is 9.95. The number of ether oxygens (including phenoxy) is 2. The van der Waals surface area contributed by atoms with Gasteiger partial charge in [-0.1, -0.05) is 6.07 Å². The summed E-state index contributed by atoms with van der Waals surface area (Å²) in [6.07, 6.45) is 5.70. The third-order valence-electron chi connectivity index (χ3n) is 5.18. The van der Waals surface area contributed by atoms with Crippen molar-refractivity contribution in [3.63, 3.8) is 0 Å². The van der Waals surface area contributed by atoms with Gasteiger partial charge in [0.2, 0.25) is 0 Å². The summed E-state index contributed by atoms with van der Waals surface area (Å²) in [6.45, 7) is 4.24. The molecule has 1 aliphatic heterocycles. The van der Waals surface area contributed by atoms with Crippen LogP contribution in [0.25, 0.3) is 10.9 Å². The molecule has 4 rings (SSSR count). The predicted octanol–water partition coefficient (Wildman–Crippen LogP) is 4.19. The van der Waals surface area contributed by atoms with E-state index in [4.69, 9.17) is 9.47 Å². The Labute approximate surface area is 166 Å². The zero-order valence-electron chi connectivity index (χ0n) is 16.6. The second kappa shape index (κ2) is 8.52. The number of rotatable bonds is 8. The summed E-state index contributed by atoms with van der Waals surface area (Å²) in [5.74, 6) is 1.53. The Hall–Kier alpha value is -2.73. The third kappa shape index (κ3) is 4.22. The van der Waals surface area contributed by atoms with Crippen LogP contribution in [0.5, 0.6) is 11.5 Å². The van der Waals surface area contributed by atoms with Crippen molar-refractivity contribution in [2.45, 2.75) is 19.3 Å². The molecule has 0 aliphatic carbocycles. The van der Waals surface area contributed by atoms with Crippen LogP contribution in [-0.2, 0) is 7.05 Å². The topological polar surface area (TPSA) is 51.6 Å². The molecule has 6 nitrogen and oxygen atoms in total. The monoisotopic (exact) mass is 380 g/mol. The Morgan fingerprint density at radius 2 is 1.96 bits per heavy atom. The van der Waals surface area contributed by atoms with Gasteiger partial charge in [0.25, 0.3) is 0 Å². The molecule has 1 saturated heterocycles. The molecule has 28 heavy (non-hydrogen) atoms. The number of aromatic nitrogens is 2. The fraction of sp³-hybridized carbons (Fsp3) is 0.409. The number of nitrogens with zero attached hydrogens (tertiary/aromatic N) is 3. The normalized spacial score (nSPS) is 14.5. The zero-order valence-corrected chi connectivity index (χ0v) is 16.6. The first-order valence-corrected chi connectivity index (χ1v) is 9.95. The number of likely N-dealkylation sites (tertiary alicyclic amines) is 1. The Morgan fingerprint density at radius 1 is 1.11 bits per heavy atom. The van der Waals surface area contributed by atoms with Crippen molar-refractivity contribution in [2.24, 2.45) is 7.05 Å². The minimum Gasteiger partial charge on any atom is -0.493 e. The second-order valence-electron chi connectivity index (χ2n) is 7.28. The Kier molecular flexibility index (Phi) is 5.67. The van der Waals surface area contributed by atoms with E-state index in [9.17, 15) is 0 Å². The lowest BCUT2D eigenvalue weighted by Gasteiger charge is -2.16.